The summed E-state index contributed by atoms with van der Waals surface area (Å²) in [4.78, 5) is 4.42. The van der Waals surface area contributed by atoms with Crippen LogP contribution in [0, 0.1) is 6.92 Å². The second-order valence-corrected chi connectivity index (χ2v) is 4.90. The molecule has 1 heterocycles. The Morgan fingerprint density at radius 3 is 2.94 bits per heavy atom. The minimum atomic E-state index is 0.573. The number of hydrogen-bond donors (Lipinski definition) is 1. The van der Waals surface area contributed by atoms with E-state index in [2.05, 4.69) is 23.2 Å². The van der Waals surface area contributed by atoms with E-state index in [9.17, 15) is 0 Å². The lowest BCUT2D eigenvalue weighted by molar-refractivity contribution is 0.508. The fourth-order valence-corrected chi connectivity index (χ4v) is 2.66. The maximum atomic E-state index is 5.81. The van der Waals surface area contributed by atoms with Crippen LogP contribution in [0.25, 0.3) is 11.3 Å². The average Bonchev–Trinajstić information content (AvgIpc) is 2.95. The van der Waals surface area contributed by atoms with Crippen molar-refractivity contribution in [1.82, 2.24) is 4.98 Å². The summed E-state index contributed by atoms with van der Waals surface area (Å²) < 4.78 is 5.81. The van der Waals surface area contributed by atoms with Crippen molar-refractivity contribution in [3.63, 3.8) is 0 Å². The normalized spacial score (nSPS) is 13.9. The van der Waals surface area contributed by atoms with Crippen molar-refractivity contribution in [2.24, 2.45) is 5.73 Å². The molecule has 3 heteroatoms. The van der Waals surface area contributed by atoms with Crippen LogP contribution in [0.3, 0.4) is 0 Å². The summed E-state index contributed by atoms with van der Waals surface area (Å²) >= 11 is 0. The van der Waals surface area contributed by atoms with E-state index in [1.165, 1.54) is 30.4 Å². The minimum absolute atomic E-state index is 0.573. The lowest BCUT2D eigenvalue weighted by atomic mass is 10.0. The third-order valence-electron chi connectivity index (χ3n) is 3.56. The molecule has 1 aromatic carbocycles. The van der Waals surface area contributed by atoms with Gasteiger partial charge in [0.05, 0.1) is 5.69 Å². The molecule has 1 aromatic heterocycles. The molecule has 0 saturated heterocycles. The van der Waals surface area contributed by atoms with E-state index in [1.54, 1.807) is 0 Å². The molecule has 18 heavy (non-hydrogen) atoms. The van der Waals surface area contributed by atoms with Crippen LogP contribution in [-0.2, 0) is 19.3 Å². The molecule has 0 aliphatic heterocycles. The van der Waals surface area contributed by atoms with Gasteiger partial charge in [-0.1, -0.05) is 12.1 Å². The molecule has 0 spiro atoms. The van der Waals surface area contributed by atoms with Gasteiger partial charge < -0.3 is 10.2 Å². The molecule has 0 atom stereocenters. The number of hydrogen-bond acceptors (Lipinski definition) is 3. The van der Waals surface area contributed by atoms with Gasteiger partial charge in [-0.05, 0) is 43.4 Å². The van der Waals surface area contributed by atoms with Crippen LogP contribution in [0.15, 0.2) is 22.6 Å². The molecule has 3 rings (SSSR count). The number of fused-ring (bicyclic) bond motifs is 1. The van der Waals surface area contributed by atoms with E-state index < -0.39 is 0 Å². The van der Waals surface area contributed by atoms with Crippen molar-refractivity contribution >= 4 is 0 Å². The predicted octanol–water partition coefficient (Wildman–Crippen LogP) is 2.64. The Balaban J connectivity index is 1.99. The zero-order chi connectivity index (χ0) is 12.5. The number of rotatable bonds is 3. The lowest BCUT2D eigenvalue weighted by Gasteiger charge is -2.02. The smallest absolute Gasteiger partial charge is 0.196 e. The SMILES string of the molecule is Cc1nc(CCN)oc1-c1ccc2c(c1)CCC2. The van der Waals surface area contributed by atoms with Crippen LogP contribution < -0.4 is 5.73 Å². The number of nitrogens with two attached hydrogens (primary N) is 1. The van der Waals surface area contributed by atoms with E-state index in [4.69, 9.17) is 10.2 Å². The van der Waals surface area contributed by atoms with E-state index in [0.717, 1.165) is 22.9 Å². The Kier molecular flexibility index (Phi) is 2.92. The number of aryl methyl sites for hydroxylation is 3. The largest absolute Gasteiger partial charge is 0.440 e. The summed E-state index contributed by atoms with van der Waals surface area (Å²) in [7, 11) is 0. The summed E-state index contributed by atoms with van der Waals surface area (Å²) in [5, 5.41) is 0. The van der Waals surface area contributed by atoms with E-state index in [0.29, 0.717) is 13.0 Å². The first-order valence-electron chi connectivity index (χ1n) is 6.56. The molecular formula is C15H18N2O. The number of nitrogens with zero attached hydrogens (tertiary/aromatic N) is 1. The highest BCUT2D eigenvalue weighted by molar-refractivity contribution is 5.62. The summed E-state index contributed by atoms with van der Waals surface area (Å²) in [6.45, 7) is 2.57. The summed E-state index contributed by atoms with van der Waals surface area (Å²) in [5.74, 6) is 1.64. The molecule has 0 amide bonds. The van der Waals surface area contributed by atoms with Crippen molar-refractivity contribution in [2.75, 3.05) is 6.54 Å². The molecule has 2 N–H and O–H groups in total. The fourth-order valence-electron chi connectivity index (χ4n) is 2.66. The molecule has 0 radical (unpaired) electrons. The van der Waals surface area contributed by atoms with Crippen molar-refractivity contribution in [1.29, 1.82) is 0 Å². The van der Waals surface area contributed by atoms with Gasteiger partial charge in [0, 0.05) is 18.5 Å². The van der Waals surface area contributed by atoms with Gasteiger partial charge in [-0.15, -0.1) is 0 Å². The Hall–Kier alpha value is -1.61. The van der Waals surface area contributed by atoms with Gasteiger partial charge in [-0.3, -0.25) is 0 Å². The molecule has 94 valence electrons. The zero-order valence-corrected chi connectivity index (χ0v) is 10.7. The van der Waals surface area contributed by atoms with Crippen molar-refractivity contribution in [3.8, 4) is 11.3 Å². The van der Waals surface area contributed by atoms with Gasteiger partial charge in [0.1, 0.15) is 0 Å². The molecule has 0 bridgehead atoms. The van der Waals surface area contributed by atoms with Gasteiger partial charge in [0.25, 0.3) is 0 Å². The molecular weight excluding hydrogens is 224 g/mol. The van der Waals surface area contributed by atoms with E-state index in [-0.39, 0.29) is 0 Å². The summed E-state index contributed by atoms with van der Waals surface area (Å²) in [5.41, 5.74) is 10.6. The van der Waals surface area contributed by atoms with Crippen LogP contribution in [0.5, 0.6) is 0 Å². The van der Waals surface area contributed by atoms with Gasteiger partial charge in [0.2, 0.25) is 0 Å². The zero-order valence-electron chi connectivity index (χ0n) is 10.7. The number of benzene rings is 1. The molecule has 0 unspecified atom stereocenters. The highest BCUT2D eigenvalue weighted by atomic mass is 16.4. The Morgan fingerprint density at radius 2 is 2.11 bits per heavy atom. The molecule has 0 fully saturated rings. The highest BCUT2D eigenvalue weighted by Gasteiger charge is 2.15. The first-order valence-corrected chi connectivity index (χ1v) is 6.56. The Labute approximate surface area is 107 Å². The average molecular weight is 242 g/mol. The second kappa shape index (κ2) is 4.58. The first kappa shape index (κ1) is 11.5. The lowest BCUT2D eigenvalue weighted by Crippen LogP contribution is -2.02. The molecule has 1 aliphatic rings. The Bertz CT molecular complexity index is 572. The highest BCUT2D eigenvalue weighted by Crippen LogP contribution is 2.30. The van der Waals surface area contributed by atoms with Gasteiger partial charge in [-0.2, -0.15) is 0 Å². The molecule has 2 aromatic rings. The fraction of sp³-hybridized carbons (Fsp3) is 0.400. The second-order valence-electron chi connectivity index (χ2n) is 4.90. The van der Waals surface area contributed by atoms with Crippen molar-refractivity contribution in [3.05, 3.63) is 40.9 Å². The monoisotopic (exact) mass is 242 g/mol. The molecule has 3 nitrogen and oxygen atoms in total. The quantitative estimate of drug-likeness (QED) is 0.900. The first-order chi connectivity index (χ1) is 8.78. The van der Waals surface area contributed by atoms with Gasteiger partial charge in [0.15, 0.2) is 11.7 Å². The van der Waals surface area contributed by atoms with Crippen LogP contribution in [0.4, 0.5) is 0 Å². The van der Waals surface area contributed by atoms with Crippen molar-refractivity contribution in [2.45, 2.75) is 32.6 Å². The Morgan fingerprint density at radius 1 is 1.28 bits per heavy atom. The molecule has 1 aliphatic carbocycles. The van der Waals surface area contributed by atoms with Crippen LogP contribution in [0.2, 0.25) is 0 Å². The van der Waals surface area contributed by atoms with Gasteiger partial charge in [-0.25, -0.2) is 4.98 Å². The minimum Gasteiger partial charge on any atom is -0.440 e. The third kappa shape index (κ3) is 1.95. The van der Waals surface area contributed by atoms with Crippen LogP contribution in [-0.4, -0.2) is 11.5 Å². The summed E-state index contributed by atoms with van der Waals surface area (Å²) in [6, 6.07) is 6.62. The van der Waals surface area contributed by atoms with E-state index in [1.807, 2.05) is 6.92 Å². The number of oxazole rings is 1. The van der Waals surface area contributed by atoms with Gasteiger partial charge >= 0.3 is 0 Å². The van der Waals surface area contributed by atoms with Crippen molar-refractivity contribution < 1.29 is 4.42 Å². The topological polar surface area (TPSA) is 52.0 Å². The summed E-state index contributed by atoms with van der Waals surface area (Å²) in [6.07, 6.45) is 4.37. The maximum Gasteiger partial charge on any atom is 0.196 e. The van der Waals surface area contributed by atoms with E-state index >= 15 is 0 Å². The predicted molar refractivity (Wildman–Crippen MR) is 71.5 cm³/mol. The molecule has 0 saturated carbocycles. The number of aromatic nitrogens is 1. The standard InChI is InChI=1S/C15H18N2O/c1-10-15(18-14(17-10)7-8-16)13-6-5-11-3-2-4-12(11)9-13/h5-6,9H,2-4,7-8,16H2,1H3. The maximum absolute atomic E-state index is 5.81. The third-order valence-corrected chi connectivity index (χ3v) is 3.56. The van der Waals surface area contributed by atoms with Crippen LogP contribution >= 0.6 is 0 Å². The van der Waals surface area contributed by atoms with Crippen LogP contribution in [0.1, 0.15) is 29.1 Å².